The van der Waals surface area contributed by atoms with Crippen LogP contribution in [0.3, 0.4) is 0 Å². The van der Waals surface area contributed by atoms with Gasteiger partial charge in [-0.1, -0.05) is 6.92 Å². The second-order valence-electron chi connectivity index (χ2n) is 3.00. The van der Waals surface area contributed by atoms with E-state index in [1.165, 1.54) is 23.3 Å². The van der Waals surface area contributed by atoms with Gasteiger partial charge in [0, 0.05) is 24.7 Å². The standard InChI is InChI=1S/C9H11N5S2/c1-2-7-12-9(16-14-7)15-8-6(5-10)3-4-11-13-8/h3-4H,2,5,10H2,1H3. The molecule has 0 spiro atoms. The molecule has 2 rings (SSSR count). The van der Waals surface area contributed by atoms with E-state index in [0.29, 0.717) is 6.54 Å². The predicted octanol–water partition coefficient (Wildman–Crippen LogP) is 1.50. The first-order valence-electron chi connectivity index (χ1n) is 4.84. The Balaban J connectivity index is 2.19. The average molecular weight is 253 g/mol. The van der Waals surface area contributed by atoms with Crippen molar-refractivity contribution in [2.24, 2.45) is 5.73 Å². The van der Waals surface area contributed by atoms with Crippen molar-refractivity contribution >= 4 is 23.3 Å². The van der Waals surface area contributed by atoms with E-state index in [1.807, 2.05) is 13.0 Å². The molecule has 5 nitrogen and oxygen atoms in total. The highest BCUT2D eigenvalue weighted by molar-refractivity contribution is 8.00. The van der Waals surface area contributed by atoms with Crippen LogP contribution in [-0.4, -0.2) is 19.6 Å². The van der Waals surface area contributed by atoms with Gasteiger partial charge in [-0.3, -0.25) is 0 Å². The van der Waals surface area contributed by atoms with Crippen LogP contribution >= 0.6 is 23.3 Å². The summed E-state index contributed by atoms with van der Waals surface area (Å²) in [5.74, 6) is 0.866. The van der Waals surface area contributed by atoms with Gasteiger partial charge in [-0.15, -0.1) is 5.10 Å². The molecular weight excluding hydrogens is 242 g/mol. The van der Waals surface area contributed by atoms with Gasteiger partial charge in [0.1, 0.15) is 10.9 Å². The summed E-state index contributed by atoms with van der Waals surface area (Å²) in [6.07, 6.45) is 2.49. The van der Waals surface area contributed by atoms with Crippen LogP contribution in [0.4, 0.5) is 0 Å². The molecule has 0 aliphatic rings. The quantitative estimate of drug-likeness (QED) is 0.889. The monoisotopic (exact) mass is 253 g/mol. The van der Waals surface area contributed by atoms with Crippen LogP contribution in [0.1, 0.15) is 18.3 Å². The molecule has 0 amide bonds. The van der Waals surface area contributed by atoms with E-state index in [9.17, 15) is 0 Å². The molecule has 0 aliphatic carbocycles. The summed E-state index contributed by atoms with van der Waals surface area (Å²) in [6.45, 7) is 2.49. The van der Waals surface area contributed by atoms with Crippen LogP contribution < -0.4 is 5.73 Å². The van der Waals surface area contributed by atoms with Gasteiger partial charge >= 0.3 is 0 Å². The van der Waals surface area contributed by atoms with E-state index in [2.05, 4.69) is 19.6 Å². The first-order chi connectivity index (χ1) is 7.83. The fourth-order valence-corrected chi connectivity index (χ4v) is 2.78. The average Bonchev–Trinajstić information content (AvgIpc) is 2.77. The number of rotatable bonds is 4. The number of hydrogen-bond acceptors (Lipinski definition) is 7. The Labute approximate surface area is 102 Å². The van der Waals surface area contributed by atoms with E-state index in [0.717, 1.165) is 27.2 Å². The molecule has 2 heterocycles. The molecule has 16 heavy (non-hydrogen) atoms. The molecule has 0 fully saturated rings. The third-order valence-electron chi connectivity index (χ3n) is 1.94. The fraction of sp³-hybridized carbons (Fsp3) is 0.333. The van der Waals surface area contributed by atoms with E-state index in [1.54, 1.807) is 6.20 Å². The zero-order valence-electron chi connectivity index (χ0n) is 8.75. The SMILES string of the molecule is CCc1nsc(Sc2nnccc2CN)n1. The molecule has 7 heteroatoms. The summed E-state index contributed by atoms with van der Waals surface area (Å²) in [4.78, 5) is 4.36. The molecule has 0 bridgehead atoms. The van der Waals surface area contributed by atoms with Gasteiger partial charge in [-0.2, -0.15) is 9.47 Å². The topological polar surface area (TPSA) is 77.6 Å². The Morgan fingerprint density at radius 3 is 3.06 bits per heavy atom. The highest BCUT2D eigenvalue weighted by atomic mass is 32.2. The highest BCUT2D eigenvalue weighted by Crippen LogP contribution is 2.29. The molecule has 0 unspecified atom stereocenters. The van der Waals surface area contributed by atoms with Crippen molar-refractivity contribution < 1.29 is 0 Å². The van der Waals surface area contributed by atoms with Crippen LogP contribution in [0.25, 0.3) is 0 Å². The number of aromatic nitrogens is 4. The van der Waals surface area contributed by atoms with E-state index in [-0.39, 0.29) is 0 Å². The second-order valence-corrected chi connectivity index (χ2v) is 4.99. The maximum Gasteiger partial charge on any atom is 0.176 e. The number of nitrogens with two attached hydrogens (primary N) is 1. The lowest BCUT2D eigenvalue weighted by atomic mass is 10.3. The molecule has 84 valence electrons. The molecule has 0 saturated carbocycles. The molecule has 0 atom stereocenters. The zero-order valence-corrected chi connectivity index (χ0v) is 10.4. The Bertz CT molecular complexity index is 470. The summed E-state index contributed by atoms with van der Waals surface area (Å²) in [7, 11) is 0. The zero-order chi connectivity index (χ0) is 11.4. The van der Waals surface area contributed by atoms with Gasteiger partial charge in [-0.25, -0.2) is 4.98 Å². The normalized spacial score (nSPS) is 10.6. The first kappa shape index (κ1) is 11.4. The Morgan fingerprint density at radius 2 is 2.38 bits per heavy atom. The third kappa shape index (κ3) is 2.55. The predicted molar refractivity (Wildman–Crippen MR) is 63.3 cm³/mol. The van der Waals surface area contributed by atoms with Crippen LogP contribution in [0.5, 0.6) is 0 Å². The summed E-state index contributed by atoms with van der Waals surface area (Å²) >= 11 is 2.85. The van der Waals surface area contributed by atoms with Crippen molar-refractivity contribution in [2.75, 3.05) is 0 Å². The smallest absolute Gasteiger partial charge is 0.176 e. The molecule has 2 aromatic rings. The van der Waals surface area contributed by atoms with Crippen molar-refractivity contribution in [3.8, 4) is 0 Å². The van der Waals surface area contributed by atoms with Crippen LogP contribution in [0.15, 0.2) is 21.6 Å². The van der Waals surface area contributed by atoms with Gasteiger partial charge in [0.2, 0.25) is 0 Å². The Hall–Kier alpha value is -1.05. The van der Waals surface area contributed by atoms with Crippen molar-refractivity contribution in [1.82, 2.24) is 19.6 Å². The molecular formula is C9H11N5S2. The molecule has 0 aromatic carbocycles. The summed E-state index contributed by atoms with van der Waals surface area (Å²) in [6, 6.07) is 1.87. The minimum atomic E-state index is 0.456. The Morgan fingerprint density at radius 1 is 1.50 bits per heavy atom. The molecule has 2 N–H and O–H groups in total. The highest BCUT2D eigenvalue weighted by Gasteiger charge is 2.09. The van der Waals surface area contributed by atoms with E-state index in [4.69, 9.17) is 5.73 Å². The van der Waals surface area contributed by atoms with Gasteiger partial charge < -0.3 is 5.73 Å². The van der Waals surface area contributed by atoms with Gasteiger partial charge in [0.25, 0.3) is 0 Å². The van der Waals surface area contributed by atoms with Crippen LogP contribution in [-0.2, 0) is 13.0 Å². The lowest BCUT2D eigenvalue weighted by Gasteiger charge is -2.01. The summed E-state index contributed by atoms with van der Waals surface area (Å²) in [5.41, 5.74) is 6.60. The van der Waals surface area contributed by atoms with E-state index >= 15 is 0 Å². The number of nitrogens with zero attached hydrogens (tertiary/aromatic N) is 4. The summed E-state index contributed by atoms with van der Waals surface area (Å²) < 4.78 is 5.10. The minimum Gasteiger partial charge on any atom is -0.326 e. The van der Waals surface area contributed by atoms with Gasteiger partial charge in [0.15, 0.2) is 4.34 Å². The maximum absolute atomic E-state index is 5.62. The van der Waals surface area contributed by atoms with Crippen molar-refractivity contribution in [3.05, 3.63) is 23.7 Å². The third-order valence-corrected chi connectivity index (χ3v) is 3.76. The van der Waals surface area contributed by atoms with Crippen LogP contribution in [0, 0.1) is 0 Å². The molecule has 2 aromatic heterocycles. The number of aryl methyl sites for hydroxylation is 1. The lowest BCUT2D eigenvalue weighted by molar-refractivity contribution is 0.865. The number of hydrogen-bond donors (Lipinski definition) is 1. The van der Waals surface area contributed by atoms with E-state index < -0.39 is 0 Å². The van der Waals surface area contributed by atoms with Crippen molar-refractivity contribution in [3.63, 3.8) is 0 Å². The molecule has 0 radical (unpaired) electrons. The van der Waals surface area contributed by atoms with Crippen molar-refractivity contribution in [1.29, 1.82) is 0 Å². The molecule has 0 aliphatic heterocycles. The first-order valence-corrected chi connectivity index (χ1v) is 6.43. The maximum atomic E-state index is 5.62. The van der Waals surface area contributed by atoms with Gasteiger partial charge in [0.05, 0.1) is 0 Å². The fourth-order valence-electron chi connectivity index (χ4n) is 1.09. The summed E-state index contributed by atoms with van der Waals surface area (Å²) in [5, 5.41) is 8.71. The minimum absolute atomic E-state index is 0.456. The molecule has 0 saturated heterocycles. The van der Waals surface area contributed by atoms with Crippen molar-refractivity contribution in [2.45, 2.75) is 29.3 Å². The lowest BCUT2D eigenvalue weighted by Crippen LogP contribution is -2.00. The van der Waals surface area contributed by atoms with Crippen LogP contribution in [0.2, 0.25) is 0 Å². The Kier molecular flexibility index (Phi) is 3.81. The largest absolute Gasteiger partial charge is 0.326 e. The second kappa shape index (κ2) is 5.33. The van der Waals surface area contributed by atoms with Gasteiger partial charge in [-0.05, 0) is 29.4 Å².